The van der Waals surface area contributed by atoms with Crippen LogP contribution in [0.3, 0.4) is 0 Å². The van der Waals surface area contributed by atoms with Crippen LogP contribution in [-0.4, -0.2) is 16.6 Å². The molecule has 0 radical (unpaired) electrons. The van der Waals surface area contributed by atoms with Gasteiger partial charge in [0, 0.05) is 6.07 Å². The van der Waals surface area contributed by atoms with E-state index in [1.807, 2.05) is 0 Å². The largest absolute Gasteiger partial charge is 0.386 e. The molecule has 0 fully saturated rings. The van der Waals surface area contributed by atoms with Crippen molar-refractivity contribution in [3.05, 3.63) is 30.9 Å². The van der Waals surface area contributed by atoms with Gasteiger partial charge in [-0.2, -0.15) is 0 Å². The molecule has 0 saturated heterocycles. The van der Waals surface area contributed by atoms with Crippen molar-refractivity contribution >= 4 is 60.7 Å². The lowest BCUT2D eigenvalue weighted by atomic mass is 10.2. The third-order valence-electron chi connectivity index (χ3n) is 1.71. The number of nitrogens with two attached hydrogens (primary N) is 1. The summed E-state index contributed by atoms with van der Waals surface area (Å²) in [5.41, 5.74) is 4.79. The highest BCUT2D eigenvalue weighted by molar-refractivity contribution is 9.11. The highest BCUT2D eigenvalue weighted by atomic mass is 79.9. The molecular weight excluding hydrogens is 384 g/mol. The van der Waals surface area contributed by atoms with E-state index in [4.69, 9.17) is 17.3 Å². The lowest BCUT2D eigenvalue weighted by molar-refractivity contribution is -0.384. The predicted molar refractivity (Wildman–Crippen MR) is 70.5 cm³/mol. The van der Waals surface area contributed by atoms with Gasteiger partial charge in [-0.1, -0.05) is 0 Å². The van der Waals surface area contributed by atoms with E-state index in [1.54, 1.807) is 0 Å². The second-order valence-corrected chi connectivity index (χ2v) is 4.76. The van der Waals surface area contributed by atoms with Crippen LogP contribution in [0.5, 0.6) is 0 Å². The summed E-state index contributed by atoms with van der Waals surface area (Å²) in [6.07, 6.45) is 0. The van der Waals surface area contributed by atoms with Gasteiger partial charge in [-0.05, 0) is 31.9 Å². The SMILES string of the molecule is NC(CCl)=Nc1c([N+](=O)[O-])cc(Br)c(F)c1Br. The van der Waals surface area contributed by atoms with Crippen molar-refractivity contribution in [2.24, 2.45) is 10.7 Å². The van der Waals surface area contributed by atoms with Gasteiger partial charge >= 0.3 is 0 Å². The molecular formula is C8H5Br2ClFN3O2. The van der Waals surface area contributed by atoms with Gasteiger partial charge in [0.15, 0.2) is 11.5 Å². The number of nitrogens with zero attached hydrogens (tertiary/aromatic N) is 2. The zero-order valence-corrected chi connectivity index (χ0v) is 12.0. The third kappa shape index (κ3) is 3.14. The monoisotopic (exact) mass is 387 g/mol. The quantitative estimate of drug-likeness (QED) is 0.215. The van der Waals surface area contributed by atoms with Crippen LogP contribution in [0.4, 0.5) is 15.8 Å². The number of aliphatic imine (C=N–C) groups is 1. The molecule has 0 aliphatic carbocycles. The standard InChI is InChI=1S/C8H5Br2ClFN3O2/c9-3-1-4(15(16)17)8(6(10)7(3)12)14-5(13)2-11/h1H,2H2,(H2,13,14). The zero-order valence-electron chi connectivity index (χ0n) is 8.08. The molecule has 92 valence electrons. The van der Waals surface area contributed by atoms with Crippen LogP contribution in [0.15, 0.2) is 20.0 Å². The van der Waals surface area contributed by atoms with Gasteiger partial charge in [-0.25, -0.2) is 9.38 Å². The summed E-state index contributed by atoms with van der Waals surface area (Å²) in [6.45, 7) is 0. The molecule has 1 aromatic carbocycles. The maximum atomic E-state index is 13.5. The Kier molecular flexibility index (Phi) is 4.84. The van der Waals surface area contributed by atoms with E-state index >= 15 is 0 Å². The average molecular weight is 389 g/mol. The van der Waals surface area contributed by atoms with Crippen LogP contribution in [0.2, 0.25) is 0 Å². The number of alkyl halides is 1. The Hall–Kier alpha value is -0.730. The summed E-state index contributed by atoms with van der Waals surface area (Å²) in [7, 11) is 0. The van der Waals surface area contributed by atoms with Crippen LogP contribution < -0.4 is 5.73 Å². The fourth-order valence-electron chi connectivity index (χ4n) is 0.992. The molecule has 0 unspecified atom stereocenters. The maximum Gasteiger partial charge on any atom is 0.297 e. The van der Waals surface area contributed by atoms with Gasteiger partial charge in [0.05, 0.1) is 19.7 Å². The molecule has 0 atom stereocenters. The van der Waals surface area contributed by atoms with Crippen molar-refractivity contribution in [3.63, 3.8) is 0 Å². The molecule has 0 aliphatic rings. The first-order chi connectivity index (χ1) is 7.88. The molecule has 0 aromatic heterocycles. The number of rotatable bonds is 3. The predicted octanol–water partition coefficient (Wildman–Crippen LogP) is 3.49. The molecule has 0 amide bonds. The van der Waals surface area contributed by atoms with Crippen molar-refractivity contribution in [3.8, 4) is 0 Å². The number of hydrogen-bond donors (Lipinski definition) is 1. The van der Waals surface area contributed by atoms with E-state index in [1.165, 1.54) is 0 Å². The maximum absolute atomic E-state index is 13.5. The van der Waals surface area contributed by atoms with Crippen LogP contribution >= 0.6 is 43.5 Å². The van der Waals surface area contributed by atoms with Gasteiger partial charge in [0.1, 0.15) is 5.84 Å². The Morgan fingerprint density at radius 3 is 2.71 bits per heavy atom. The van der Waals surface area contributed by atoms with Crippen molar-refractivity contribution in [1.29, 1.82) is 0 Å². The molecule has 0 aliphatic heterocycles. The molecule has 0 bridgehead atoms. The number of hydrogen-bond acceptors (Lipinski definition) is 3. The molecule has 0 heterocycles. The Morgan fingerprint density at radius 2 is 2.24 bits per heavy atom. The van der Waals surface area contributed by atoms with Gasteiger partial charge in [-0.15, -0.1) is 11.6 Å². The van der Waals surface area contributed by atoms with E-state index in [-0.39, 0.29) is 32.0 Å². The van der Waals surface area contributed by atoms with E-state index in [2.05, 4.69) is 36.9 Å². The molecule has 1 aromatic rings. The summed E-state index contributed by atoms with van der Waals surface area (Å²) in [5.74, 6) is -0.852. The first kappa shape index (κ1) is 14.3. The van der Waals surface area contributed by atoms with Crippen LogP contribution in [-0.2, 0) is 0 Å². The number of nitro benzene ring substituents is 1. The summed E-state index contributed by atoms with van der Waals surface area (Å²) in [4.78, 5) is 13.8. The average Bonchev–Trinajstić information content (AvgIpc) is 2.28. The van der Waals surface area contributed by atoms with Crippen LogP contribution in [0.25, 0.3) is 0 Å². The Bertz CT molecular complexity index is 510. The van der Waals surface area contributed by atoms with E-state index in [0.29, 0.717) is 0 Å². The van der Waals surface area contributed by atoms with Gasteiger partial charge in [0.25, 0.3) is 5.69 Å². The van der Waals surface area contributed by atoms with Gasteiger partial charge in [-0.3, -0.25) is 10.1 Å². The molecule has 2 N–H and O–H groups in total. The molecule has 5 nitrogen and oxygen atoms in total. The van der Waals surface area contributed by atoms with Gasteiger partial charge < -0.3 is 5.73 Å². The van der Waals surface area contributed by atoms with Crippen LogP contribution in [0, 0.1) is 15.9 Å². The Balaban J connectivity index is 3.55. The van der Waals surface area contributed by atoms with Crippen molar-refractivity contribution < 1.29 is 9.31 Å². The van der Waals surface area contributed by atoms with E-state index in [9.17, 15) is 14.5 Å². The normalized spacial score (nSPS) is 11.6. The molecule has 17 heavy (non-hydrogen) atoms. The lowest BCUT2D eigenvalue weighted by Crippen LogP contribution is -2.12. The first-order valence-corrected chi connectivity index (χ1v) is 6.21. The minimum Gasteiger partial charge on any atom is -0.386 e. The molecule has 0 spiro atoms. The fraction of sp³-hybridized carbons (Fsp3) is 0.125. The minimum atomic E-state index is -0.697. The number of halogens is 4. The summed E-state index contributed by atoms with van der Waals surface area (Å²) < 4.78 is 13.3. The number of benzene rings is 1. The molecule has 9 heteroatoms. The molecule has 1 rings (SSSR count). The summed E-state index contributed by atoms with van der Waals surface area (Å²) in [5, 5.41) is 10.8. The highest BCUT2D eigenvalue weighted by Gasteiger charge is 2.22. The van der Waals surface area contributed by atoms with Crippen molar-refractivity contribution in [1.82, 2.24) is 0 Å². The first-order valence-electron chi connectivity index (χ1n) is 4.09. The third-order valence-corrected chi connectivity index (χ3v) is 3.28. The smallest absolute Gasteiger partial charge is 0.297 e. The topological polar surface area (TPSA) is 81.5 Å². The number of amidine groups is 1. The zero-order chi connectivity index (χ0) is 13.2. The molecule has 0 saturated carbocycles. The van der Waals surface area contributed by atoms with Crippen LogP contribution in [0.1, 0.15) is 0 Å². The summed E-state index contributed by atoms with van der Waals surface area (Å²) in [6, 6.07) is 1.01. The Morgan fingerprint density at radius 1 is 1.65 bits per heavy atom. The van der Waals surface area contributed by atoms with Gasteiger partial charge in [0.2, 0.25) is 0 Å². The summed E-state index contributed by atoms with van der Waals surface area (Å²) >= 11 is 11.2. The second-order valence-electron chi connectivity index (χ2n) is 2.85. The lowest BCUT2D eigenvalue weighted by Gasteiger charge is -2.04. The minimum absolute atomic E-state index is 0.0422. The number of nitro groups is 1. The van der Waals surface area contributed by atoms with E-state index < -0.39 is 10.7 Å². The van der Waals surface area contributed by atoms with Crippen molar-refractivity contribution in [2.75, 3.05) is 5.88 Å². The van der Waals surface area contributed by atoms with Crippen molar-refractivity contribution in [2.45, 2.75) is 0 Å². The fourth-order valence-corrected chi connectivity index (χ4v) is 2.24. The van der Waals surface area contributed by atoms with E-state index in [0.717, 1.165) is 6.07 Å². The highest BCUT2D eigenvalue weighted by Crippen LogP contribution is 2.40. The second kappa shape index (κ2) is 5.74. The Labute approximate surface area is 117 Å².